The Hall–Kier alpha value is -1.22. The lowest BCUT2D eigenvalue weighted by molar-refractivity contribution is 0.315. The zero-order valence-electron chi connectivity index (χ0n) is 14.9. The highest BCUT2D eigenvalue weighted by Gasteiger charge is 2.17. The van der Waals surface area contributed by atoms with Crippen molar-refractivity contribution in [1.82, 2.24) is 4.90 Å². The standard InChI is InChI=1S/C20H33NO2/c1-3-4-5-8-16(2)9-10-17-13-19(22)18(20(23)14-17)15-21-11-6-7-12-21/h13-14,16,22-23H,3-12,15H2,1-2H3. The SMILES string of the molecule is CCCCCC(C)CCc1cc(O)c(CN2CCCC2)c(O)c1. The molecule has 1 aliphatic heterocycles. The van der Waals surface area contributed by atoms with Gasteiger partial charge in [0, 0.05) is 12.1 Å². The van der Waals surface area contributed by atoms with Crippen LogP contribution in [0.15, 0.2) is 12.1 Å². The van der Waals surface area contributed by atoms with E-state index in [9.17, 15) is 10.2 Å². The monoisotopic (exact) mass is 319 g/mol. The van der Waals surface area contributed by atoms with Crippen molar-refractivity contribution in [3.63, 3.8) is 0 Å². The van der Waals surface area contributed by atoms with Crippen LogP contribution in [0.5, 0.6) is 11.5 Å². The molecule has 130 valence electrons. The topological polar surface area (TPSA) is 43.7 Å². The molecular weight excluding hydrogens is 286 g/mol. The Labute approximate surface area is 141 Å². The average Bonchev–Trinajstić information content (AvgIpc) is 3.02. The first-order chi connectivity index (χ1) is 11.1. The van der Waals surface area contributed by atoms with Crippen LogP contribution in [-0.2, 0) is 13.0 Å². The molecule has 1 fully saturated rings. The van der Waals surface area contributed by atoms with Gasteiger partial charge < -0.3 is 10.2 Å². The van der Waals surface area contributed by atoms with E-state index in [1.807, 2.05) is 12.1 Å². The van der Waals surface area contributed by atoms with Gasteiger partial charge in [0.1, 0.15) is 11.5 Å². The van der Waals surface area contributed by atoms with Crippen LogP contribution in [0.25, 0.3) is 0 Å². The second-order valence-corrected chi connectivity index (χ2v) is 7.24. The summed E-state index contributed by atoms with van der Waals surface area (Å²) in [6.07, 6.45) is 9.66. The van der Waals surface area contributed by atoms with E-state index in [0.29, 0.717) is 18.0 Å². The predicted octanol–water partition coefficient (Wildman–Crippen LogP) is 4.84. The first-order valence-corrected chi connectivity index (χ1v) is 9.36. The zero-order chi connectivity index (χ0) is 16.7. The van der Waals surface area contributed by atoms with Crippen LogP contribution in [0.1, 0.15) is 69.9 Å². The number of aryl methyl sites for hydroxylation is 1. The molecule has 1 aromatic carbocycles. The Morgan fingerprint density at radius 3 is 2.30 bits per heavy atom. The van der Waals surface area contributed by atoms with Gasteiger partial charge in [-0.05, 0) is 62.4 Å². The average molecular weight is 319 g/mol. The molecule has 0 aliphatic carbocycles. The van der Waals surface area contributed by atoms with Crippen LogP contribution >= 0.6 is 0 Å². The smallest absolute Gasteiger partial charge is 0.124 e. The van der Waals surface area contributed by atoms with Crippen LogP contribution < -0.4 is 0 Å². The third kappa shape index (κ3) is 5.72. The number of likely N-dealkylation sites (tertiary alicyclic amines) is 1. The molecule has 3 heteroatoms. The number of unbranched alkanes of at least 4 members (excludes halogenated alkanes) is 2. The van der Waals surface area contributed by atoms with Gasteiger partial charge in [-0.2, -0.15) is 0 Å². The number of phenols is 2. The first-order valence-electron chi connectivity index (χ1n) is 9.36. The maximum absolute atomic E-state index is 10.3. The normalized spacial score (nSPS) is 16.8. The molecule has 1 unspecified atom stereocenters. The second-order valence-electron chi connectivity index (χ2n) is 7.24. The number of phenolic OH excluding ortho intramolecular Hbond substituents is 2. The summed E-state index contributed by atoms with van der Waals surface area (Å²) >= 11 is 0. The van der Waals surface area contributed by atoms with E-state index >= 15 is 0 Å². The van der Waals surface area contributed by atoms with Gasteiger partial charge in [-0.3, -0.25) is 4.90 Å². The van der Waals surface area contributed by atoms with E-state index in [-0.39, 0.29) is 11.5 Å². The quantitative estimate of drug-likeness (QED) is 0.640. The molecule has 0 aromatic heterocycles. The van der Waals surface area contributed by atoms with E-state index in [0.717, 1.165) is 31.5 Å². The fourth-order valence-electron chi connectivity index (χ4n) is 3.47. The van der Waals surface area contributed by atoms with Gasteiger partial charge in [0.25, 0.3) is 0 Å². The number of hydrogen-bond donors (Lipinski definition) is 2. The Morgan fingerprint density at radius 1 is 1.04 bits per heavy atom. The van der Waals surface area contributed by atoms with Gasteiger partial charge in [-0.25, -0.2) is 0 Å². The van der Waals surface area contributed by atoms with Crippen LogP contribution in [0.2, 0.25) is 0 Å². The highest BCUT2D eigenvalue weighted by Crippen LogP contribution is 2.32. The van der Waals surface area contributed by atoms with Gasteiger partial charge in [0.15, 0.2) is 0 Å². The molecular formula is C20H33NO2. The number of rotatable bonds is 9. The summed E-state index contributed by atoms with van der Waals surface area (Å²) in [6.45, 7) is 7.33. The fourth-order valence-corrected chi connectivity index (χ4v) is 3.47. The van der Waals surface area contributed by atoms with E-state index in [1.165, 1.54) is 38.5 Å². The lowest BCUT2D eigenvalue weighted by atomic mass is 9.95. The minimum absolute atomic E-state index is 0.255. The van der Waals surface area contributed by atoms with Crippen molar-refractivity contribution in [3.8, 4) is 11.5 Å². The maximum Gasteiger partial charge on any atom is 0.124 e. The van der Waals surface area contributed by atoms with E-state index < -0.39 is 0 Å². The van der Waals surface area contributed by atoms with Crippen molar-refractivity contribution < 1.29 is 10.2 Å². The Morgan fingerprint density at radius 2 is 1.70 bits per heavy atom. The zero-order valence-corrected chi connectivity index (χ0v) is 14.9. The summed E-state index contributed by atoms with van der Waals surface area (Å²) in [5.74, 6) is 1.21. The Bertz CT molecular complexity index is 458. The Kier molecular flexibility index (Phi) is 7.22. The molecule has 1 atom stereocenters. The predicted molar refractivity (Wildman–Crippen MR) is 95.9 cm³/mol. The summed E-state index contributed by atoms with van der Waals surface area (Å²) in [4.78, 5) is 2.30. The summed E-state index contributed by atoms with van der Waals surface area (Å²) in [7, 11) is 0. The second kappa shape index (κ2) is 9.17. The number of hydrogen-bond acceptors (Lipinski definition) is 3. The molecule has 3 nitrogen and oxygen atoms in total. The van der Waals surface area contributed by atoms with Crippen LogP contribution in [-0.4, -0.2) is 28.2 Å². The molecule has 0 radical (unpaired) electrons. The third-order valence-electron chi connectivity index (χ3n) is 5.07. The van der Waals surface area contributed by atoms with Crippen molar-refractivity contribution in [2.75, 3.05) is 13.1 Å². The molecule has 1 aliphatic rings. The van der Waals surface area contributed by atoms with Crippen molar-refractivity contribution in [2.24, 2.45) is 5.92 Å². The van der Waals surface area contributed by atoms with Gasteiger partial charge in [0.2, 0.25) is 0 Å². The molecule has 23 heavy (non-hydrogen) atoms. The van der Waals surface area contributed by atoms with Crippen LogP contribution in [0, 0.1) is 5.92 Å². The molecule has 1 saturated heterocycles. The van der Waals surface area contributed by atoms with E-state index in [2.05, 4.69) is 18.7 Å². The molecule has 0 spiro atoms. The van der Waals surface area contributed by atoms with Gasteiger partial charge in [-0.15, -0.1) is 0 Å². The number of aromatic hydroxyl groups is 2. The summed E-state index contributed by atoms with van der Waals surface area (Å²) in [5.41, 5.74) is 1.74. The molecule has 1 heterocycles. The van der Waals surface area contributed by atoms with Crippen LogP contribution in [0.3, 0.4) is 0 Å². The largest absolute Gasteiger partial charge is 0.507 e. The summed E-state index contributed by atoms with van der Waals surface area (Å²) in [5, 5.41) is 20.6. The van der Waals surface area contributed by atoms with Crippen molar-refractivity contribution in [1.29, 1.82) is 0 Å². The van der Waals surface area contributed by atoms with Gasteiger partial charge in [0.05, 0.1) is 0 Å². The molecule has 0 saturated carbocycles. The minimum Gasteiger partial charge on any atom is -0.507 e. The third-order valence-corrected chi connectivity index (χ3v) is 5.07. The summed E-state index contributed by atoms with van der Waals surface area (Å²) < 4.78 is 0. The summed E-state index contributed by atoms with van der Waals surface area (Å²) in [6, 6.07) is 3.70. The van der Waals surface area contributed by atoms with Crippen molar-refractivity contribution in [3.05, 3.63) is 23.3 Å². The highest BCUT2D eigenvalue weighted by atomic mass is 16.3. The molecule has 0 amide bonds. The van der Waals surface area contributed by atoms with E-state index in [1.54, 1.807) is 0 Å². The van der Waals surface area contributed by atoms with Gasteiger partial charge >= 0.3 is 0 Å². The maximum atomic E-state index is 10.3. The van der Waals surface area contributed by atoms with Crippen molar-refractivity contribution >= 4 is 0 Å². The molecule has 1 aromatic rings. The van der Waals surface area contributed by atoms with Gasteiger partial charge in [-0.1, -0.05) is 39.5 Å². The lowest BCUT2D eigenvalue weighted by Crippen LogP contribution is -2.18. The molecule has 2 N–H and O–H groups in total. The first kappa shape index (κ1) is 18.1. The van der Waals surface area contributed by atoms with Crippen molar-refractivity contribution in [2.45, 2.75) is 71.8 Å². The molecule has 0 bridgehead atoms. The minimum atomic E-state index is 0.255. The lowest BCUT2D eigenvalue weighted by Gasteiger charge is -2.18. The van der Waals surface area contributed by atoms with E-state index in [4.69, 9.17) is 0 Å². The van der Waals surface area contributed by atoms with Crippen LogP contribution in [0.4, 0.5) is 0 Å². The molecule has 2 rings (SSSR count). The Balaban J connectivity index is 1.88. The number of benzene rings is 1. The highest BCUT2D eigenvalue weighted by molar-refractivity contribution is 5.46. The number of nitrogens with zero attached hydrogens (tertiary/aromatic N) is 1. The fraction of sp³-hybridized carbons (Fsp3) is 0.700.